The molecule has 1 aromatic rings. The monoisotopic (exact) mass is 418 g/mol. The Bertz CT molecular complexity index is 659. The van der Waals surface area contributed by atoms with Crippen molar-refractivity contribution < 1.29 is 13.2 Å². The average Bonchev–Trinajstić information content (AvgIpc) is 2.61. The maximum absolute atomic E-state index is 13.3. The van der Waals surface area contributed by atoms with Crippen molar-refractivity contribution in [2.45, 2.75) is 51.5 Å². The number of aliphatic imine (C=N–C) groups is 1. The first-order valence-corrected chi connectivity index (χ1v) is 10.1. The Morgan fingerprint density at radius 2 is 2.00 bits per heavy atom. The van der Waals surface area contributed by atoms with E-state index in [4.69, 9.17) is 16.6 Å². The predicted octanol–water partition coefficient (Wildman–Crippen LogP) is 4.04. The molecule has 1 aliphatic heterocycles. The Hall–Kier alpha value is -1.47. The fourth-order valence-corrected chi connectivity index (χ4v) is 3.79. The van der Waals surface area contributed by atoms with Gasteiger partial charge in [-0.2, -0.15) is 0 Å². The van der Waals surface area contributed by atoms with Crippen molar-refractivity contribution in [1.29, 1.82) is 0 Å². The van der Waals surface area contributed by atoms with Gasteiger partial charge in [-0.3, -0.25) is 9.89 Å². The van der Waals surface area contributed by atoms with Gasteiger partial charge in [0.2, 0.25) is 0 Å². The number of halogens is 4. The number of benzene rings is 1. The maximum atomic E-state index is 13.3. The molecule has 1 heterocycles. The van der Waals surface area contributed by atoms with Crippen LogP contribution < -0.4 is 10.6 Å². The van der Waals surface area contributed by atoms with E-state index in [-0.39, 0.29) is 23.8 Å². The van der Waals surface area contributed by atoms with Gasteiger partial charge in [-0.15, -0.1) is 0 Å². The van der Waals surface area contributed by atoms with Crippen LogP contribution in [0.5, 0.6) is 0 Å². The number of nitrogens with one attached hydrogen (secondary N) is 2. The summed E-state index contributed by atoms with van der Waals surface area (Å²) in [6, 6.07) is 4.62. The van der Waals surface area contributed by atoms with E-state index in [1.165, 1.54) is 12.1 Å². The minimum Gasteiger partial charge on any atom is -0.357 e. The third-order valence-corrected chi connectivity index (χ3v) is 5.27. The fraction of sp³-hybridized carbons (Fsp3) is 0.650. The molecule has 0 saturated carbocycles. The quantitative estimate of drug-likeness (QED) is 0.518. The normalized spacial score (nSPS) is 17.2. The second-order valence-corrected chi connectivity index (χ2v) is 8.22. The van der Waals surface area contributed by atoms with Crippen molar-refractivity contribution in [2.75, 3.05) is 32.7 Å². The Kier molecular flexibility index (Phi) is 8.43. The third kappa shape index (κ3) is 6.85. The first-order valence-electron chi connectivity index (χ1n) is 9.72. The Morgan fingerprint density at radius 1 is 1.32 bits per heavy atom. The largest absolute Gasteiger partial charge is 0.357 e. The van der Waals surface area contributed by atoms with Gasteiger partial charge in [0.05, 0.1) is 13.1 Å². The summed E-state index contributed by atoms with van der Waals surface area (Å²) in [7, 11) is 0. The Labute approximate surface area is 170 Å². The zero-order chi connectivity index (χ0) is 20.7. The molecule has 0 aromatic heterocycles. The molecule has 2 N–H and O–H groups in total. The molecule has 158 valence electrons. The molecule has 0 bridgehead atoms. The second kappa shape index (κ2) is 10.3. The van der Waals surface area contributed by atoms with E-state index in [1.54, 1.807) is 11.0 Å². The van der Waals surface area contributed by atoms with E-state index < -0.39 is 6.43 Å². The summed E-state index contributed by atoms with van der Waals surface area (Å²) < 4.78 is 38.4. The van der Waals surface area contributed by atoms with E-state index in [0.717, 1.165) is 18.4 Å². The molecule has 28 heavy (non-hydrogen) atoms. The van der Waals surface area contributed by atoms with Crippen LogP contribution in [0.2, 0.25) is 5.02 Å². The molecular formula is C20H30ClF3N4. The minimum absolute atomic E-state index is 0.159. The van der Waals surface area contributed by atoms with Crippen LogP contribution in [0.1, 0.15) is 39.2 Å². The molecule has 0 amide bonds. The van der Waals surface area contributed by atoms with Gasteiger partial charge in [-0.1, -0.05) is 31.5 Å². The lowest BCUT2D eigenvalue weighted by Crippen LogP contribution is -2.49. The van der Waals surface area contributed by atoms with Gasteiger partial charge >= 0.3 is 0 Å². The van der Waals surface area contributed by atoms with Gasteiger partial charge in [0, 0.05) is 36.1 Å². The van der Waals surface area contributed by atoms with Crippen LogP contribution in [0.15, 0.2) is 23.2 Å². The SMILES string of the molecule is CCNC(=NCC(C)(C)c1ccc(F)cc1Cl)NC1CCN(CC(F)F)CC1. The number of guanidine groups is 1. The molecule has 1 fully saturated rings. The molecule has 4 nitrogen and oxygen atoms in total. The van der Waals surface area contributed by atoms with Crippen LogP contribution in [0, 0.1) is 5.82 Å². The van der Waals surface area contributed by atoms with Crippen molar-refractivity contribution in [1.82, 2.24) is 15.5 Å². The molecular weight excluding hydrogens is 389 g/mol. The lowest BCUT2D eigenvalue weighted by molar-refractivity contribution is 0.0744. The van der Waals surface area contributed by atoms with Crippen LogP contribution >= 0.6 is 11.6 Å². The van der Waals surface area contributed by atoms with Gasteiger partial charge in [0.15, 0.2) is 5.96 Å². The molecule has 0 radical (unpaired) electrons. The molecule has 0 unspecified atom stereocenters. The standard InChI is InChI=1S/C20H30ClF3N4/c1-4-25-19(27-15-7-9-28(10-8-15)12-18(23)24)26-13-20(2,3)16-6-5-14(22)11-17(16)21/h5-6,11,15,18H,4,7-10,12-13H2,1-3H3,(H2,25,26,27). The van der Waals surface area contributed by atoms with Gasteiger partial charge in [-0.25, -0.2) is 13.2 Å². The van der Waals surface area contributed by atoms with Crippen molar-refractivity contribution in [3.63, 3.8) is 0 Å². The van der Waals surface area contributed by atoms with Crippen molar-refractivity contribution in [2.24, 2.45) is 4.99 Å². The number of hydrogen-bond acceptors (Lipinski definition) is 2. The van der Waals surface area contributed by atoms with Gasteiger partial charge in [0.25, 0.3) is 6.43 Å². The number of hydrogen-bond donors (Lipinski definition) is 2. The summed E-state index contributed by atoms with van der Waals surface area (Å²) in [6.45, 7) is 8.35. The third-order valence-electron chi connectivity index (χ3n) is 4.96. The highest BCUT2D eigenvalue weighted by atomic mass is 35.5. The van der Waals surface area contributed by atoms with E-state index in [1.807, 2.05) is 20.8 Å². The number of nitrogens with zero attached hydrogens (tertiary/aromatic N) is 2. The number of piperidine rings is 1. The molecule has 0 spiro atoms. The predicted molar refractivity (Wildman–Crippen MR) is 109 cm³/mol. The number of alkyl halides is 2. The molecule has 1 saturated heterocycles. The van der Waals surface area contributed by atoms with Crippen LogP contribution in [-0.2, 0) is 5.41 Å². The summed E-state index contributed by atoms with van der Waals surface area (Å²) in [6.07, 6.45) is -0.696. The Balaban J connectivity index is 1.98. The summed E-state index contributed by atoms with van der Waals surface area (Å²) in [4.78, 5) is 6.49. The highest BCUT2D eigenvalue weighted by Crippen LogP contribution is 2.30. The first kappa shape index (κ1) is 22.8. The second-order valence-electron chi connectivity index (χ2n) is 7.81. The smallest absolute Gasteiger partial charge is 0.251 e. The Morgan fingerprint density at radius 3 is 2.57 bits per heavy atom. The molecule has 1 aromatic carbocycles. The zero-order valence-electron chi connectivity index (χ0n) is 16.7. The summed E-state index contributed by atoms with van der Waals surface area (Å²) in [5.41, 5.74) is 0.476. The summed E-state index contributed by atoms with van der Waals surface area (Å²) in [5.74, 6) is 0.336. The van der Waals surface area contributed by atoms with E-state index in [0.29, 0.717) is 37.2 Å². The van der Waals surface area contributed by atoms with E-state index >= 15 is 0 Å². The molecule has 0 atom stereocenters. The highest BCUT2D eigenvalue weighted by molar-refractivity contribution is 6.31. The topological polar surface area (TPSA) is 39.7 Å². The molecule has 2 rings (SSSR count). The molecule has 8 heteroatoms. The van der Waals surface area contributed by atoms with Crippen LogP contribution in [0.4, 0.5) is 13.2 Å². The van der Waals surface area contributed by atoms with E-state index in [9.17, 15) is 13.2 Å². The lowest BCUT2D eigenvalue weighted by Gasteiger charge is -2.33. The first-order chi connectivity index (χ1) is 13.2. The van der Waals surface area contributed by atoms with Crippen LogP contribution in [-0.4, -0.2) is 56.1 Å². The van der Waals surface area contributed by atoms with Crippen molar-refractivity contribution in [3.05, 3.63) is 34.6 Å². The zero-order valence-corrected chi connectivity index (χ0v) is 17.5. The molecule has 0 aliphatic carbocycles. The summed E-state index contributed by atoms with van der Waals surface area (Å²) in [5, 5.41) is 7.04. The summed E-state index contributed by atoms with van der Waals surface area (Å²) >= 11 is 6.22. The van der Waals surface area contributed by atoms with Crippen LogP contribution in [0.25, 0.3) is 0 Å². The average molecular weight is 419 g/mol. The van der Waals surface area contributed by atoms with Gasteiger partial charge in [0.1, 0.15) is 5.82 Å². The van der Waals surface area contributed by atoms with E-state index in [2.05, 4.69) is 10.6 Å². The van der Waals surface area contributed by atoms with Crippen LogP contribution in [0.3, 0.4) is 0 Å². The maximum Gasteiger partial charge on any atom is 0.251 e. The van der Waals surface area contributed by atoms with Gasteiger partial charge in [-0.05, 0) is 37.5 Å². The molecule has 1 aliphatic rings. The minimum atomic E-state index is -2.29. The lowest BCUT2D eigenvalue weighted by atomic mass is 9.84. The van der Waals surface area contributed by atoms with Crippen molar-refractivity contribution >= 4 is 17.6 Å². The van der Waals surface area contributed by atoms with Crippen molar-refractivity contribution in [3.8, 4) is 0 Å². The highest BCUT2D eigenvalue weighted by Gasteiger charge is 2.25. The number of likely N-dealkylation sites (tertiary alicyclic amines) is 1. The fourth-order valence-electron chi connectivity index (χ4n) is 3.37. The van der Waals surface area contributed by atoms with Gasteiger partial charge < -0.3 is 10.6 Å². The number of rotatable bonds is 7.